The van der Waals surface area contributed by atoms with E-state index in [9.17, 15) is 9.59 Å². The standard InChI is InChI=1S/C27H26N6O2S/c1-16-6-5-7-23(18(16)3)33-17(2)12-22(31-33)25-19(4)30-27-32(26(25)35)21(15-36-27)13-24(34)29-14-20-8-10-28-11-9-20/h5-12,15H,13-14H2,1-4H3,(H,29,34). The van der Waals surface area contributed by atoms with Gasteiger partial charge in [0.15, 0.2) is 4.96 Å². The van der Waals surface area contributed by atoms with Gasteiger partial charge in [0, 0.05) is 35.7 Å². The molecule has 9 heteroatoms. The van der Waals surface area contributed by atoms with Crippen LogP contribution in [0.5, 0.6) is 0 Å². The second-order valence-corrected chi connectivity index (χ2v) is 9.67. The Kier molecular flexibility index (Phi) is 6.24. The molecule has 1 aromatic carbocycles. The largest absolute Gasteiger partial charge is 0.352 e. The van der Waals surface area contributed by atoms with Crippen molar-refractivity contribution in [3.63, 3.8) is 0 Å². The number of hydrogen-bond donors (Lipinski definition) is 1. The lowest BCUT2D eigenvalue weighted by atomic mass is 10.1. The quantitative estimate of drug-likeness (QED) is 0.380. The number of carbonyl (C=O) groups is 1. The summed E-state index contributed by atoms with van der Waals surface area (Å²) in [5.74, 6) is -0.171. The molecule has 5 rings (SSSR count). The zero-order valence-electron chi connectivity index (χ0n) is 20.6. The second-order valence-electron chi connectivity index (χ2n) is 8.83. The maximum atomic E-state index is 13.7. The Morgan fingerprint density at radius 1 is 1.08 bits per heavy atom. The molecule has 0 fully saturated rings. The average Bonchev–Trinajstić information content (AvgIpc) is 3.43. The van der Waals surface area contributed by atoms with Gasteiger partial charge in [-0.2, -0.15) is 5.10 Å². The fourth-order valence-electron chi connectivity index (χ4n) is 4.26. The van der Waals surface area contributed by atoms with Crippen LogP contribution in [0.4, 0.5) is 0 Å². The van der Waals surface area contributed by atoms with Crippen molar-refractivity contribution in [1.29, 1.82) is 0 Å². The zero-order chi connectivity index (χ0) is 25.4. The minimum absolute atomic E-state index is 0.0745. The van der Waals surface area contributed by atoms with Gasteiger partial charge in [-0.3, -0.25) is 19.0 Å². The molecule has 1 amide bonds. The van der Waals surface area contributed by atoms with Gasteiger partial charge in [0.25, 0.3) is 5.56 Å². The van der Waals surface area contributed by atoms with Gasteiger partial charge in [-0.05, 0) is 68.7 Å². The van der Waals surface area contributed by atoms with Crippen molar-refractivity contribution in [1.82, 2.24) is 29.5 Å². The highest BCUT2D eigenvalue weighted by atomic mass is 32.1. The topological polar surface area (TPSA) is 94.2 Å². The number of carbonyl (C=O) groups excluding carboxylic acids is 1. The van der Waals surface area contributed by atoms with E-state index in [4.69, 9.17) is 5.10 Å². The van der Waals surface area contributed by atoms with Crippen LogP contribution >= 0.6 is 11.3 Å². The number of benzene rings is 1. The van der Waals surface area contributed by atoms with Crippen molar-refractivity contribution in [3.8, 4) is 16.9 Å². The van der Waals surface area contributed by atoms with E-state index >= 15 is 0 Å². The van der Waals surface area contributed by atoms with Gasteiger partial charge in [-0.15, -0.1) is 11.3 Å². The number of aryl methyl sites for hydroxylation is 3. The molecule has 0 aliphatic carbocycles. The Hall–Kier alpha value is -4.11. The van der Waals surface area contributed by atoms with E-state index in [0.29, 0.717) is 34.2 Å². The molecule has 0 saturated carbocycles. The number of hydrogen-bond acceptors (Lipinski definition) is 6. The number of fused-ring (bicyclic) bond motifs is 1. The van der Waals surface area contributed by atoms with E-state index in [2.05, 4.69) is 35.2 Å². The van der Waals surface area contributed by atoms with Crippen LogP contribution in [0.2, 0.25) is 0 Å². The molecule has 0 radical (unpaired) electrons. The van der Waals surface area contributed by atoms with E-state index < -0.39 is 0 Å². The molecule has 1 N–H and O–H groups in total. The monoisotopic (exact) mass is 498 g/mol. The number of nitrogens with zero attached hydrogens (tertiary/aromatic N) is 5. The first kappa shape index (κ1) is 23.6. The summed E-state index contributed by atoms with van der Waals surface area (Å²) in [7, 11) is 0. The predicted octanol–water partition coefficient (Wildman–Crippen LogP) is 4.10. The molecular weight excluding hydrogens is 472 g/mol. The molecule has 5 aromatic rings. The molecule has 0 bridgehead atoms. The van der Waals surface area contributed by atoms with Gasteiger partial charge in [0.2, 0.25) is 5.91 Å². The third-order valence-corrected chi connectivity index (χ3v) is 7.22. The van der Waals surface area contributed by atoms with Gasteiger partial charge in [-0.25, -0.2) is 9.67 Å². The highest BCUT2D eigenvalue weighted by Gasteiger charge is 2.20. The molecular formula is C27H26N6O2S. The molecule has 0 aliphatic heterocycles. The molecule has 0 aliphatic rings. The lowest BCUT2D eigenvalue weighted by molar-refractivity contribution is -0.120. The van der Waals surface area contributed by atoms with Gasteiger partial charge < -0.3 is 5.32 Å². The molecule has 0 unspecified atom stereocenters. The van der Waals surface area contributed by atoms with Crippen molar-refractivity contribution in [3.05, 3.63) is 98.3 Å². The number of aromatic nitrogens is 5. The van der Waals surface area contributed by atoms with Gasteiger partial charge in [0.1, 0.15) is 5.69 Å². The molecule has 0 saturated heterocycles. The molecule has 0 spiro atoms. The van der Waals surface area contributed by atoms with Crippen molar-refractivity contribution >= 4 is 22.2 Å². The molecule has 0 atom stereocenters. The van der Waals surface area contributed by atoms with Crippen LogP contribution in [0.3, 0.4) is 0 Å². The maximum absolute atomic E-state index is 13.7. The highest BCUT2D eigenvalue weighted by Crippen LogP contribution is 2.25. The Balaban J connectivity index is 1.49. The third kappa shape index (κ3) is 4.33. The van der Waals surface area contributed by atoms with E-state index in [0.717, 1.165) is 22.5 Å². The number of amides is 1. The SMILES string of the molecule is Cc1cccc(-n2nc(-c3c(C)nc4scc(CC(=O)NCc5ccncc5)n4c3=O)cc2C)c1C. The fraction of sp³-hybridized carbons (Fsp3) is 0.222. The summed E-state index contributed by atoms with van der Waals surface area (Å²) in [6.07, 6.45) is 3.45. The zero-order valence-corrected chi connectivity index (χ0v) is 21.4. The first-order valence-electron chi connectivity index (χ1n) is 11.6. The third-order valence-electron chi connectivity index (χ3n) is 6.35. The Morgan fingerprint density at radius 3 is 2.64 bits per heavy atom. The van der Waals surface area contributed by atoms with Gasteiger partial charge in [-0.1, -0.05) is 12.1 Å². The summed E-state index contributed by atoms with van der Waals surface area (Å²) < 4.78 is 3.40. The first-order valence-corrected chi connectivity index (χ1v) is 12.5. The van der Waals surface area contributed by atoms with Crippen molar-refractivity contribution < 1.29 is 4.79 Å². The summed E-state index contributed by atoms with van der Waals surface area (Å²) in [6, 6.07) is 11.7. The molecule has 4 aromatic heterocycles. The minimum Gasteiger partial charge on any atom is -0.352 e. The average molecular weight is 499 g/mol. The van der Waals surface area contributed by atoms with Crippen LogP contribution in [0.1, 0.15) is 33.8 Å². The number of thiazole rings is 1. The smallest absolute Gasteiger partial charge is 0.268 e. The highest BCUT2D eigenvalue weighted by molar-refractivity contribution is 7.15. The van der Waals surface area contributed by atoms with Crippen LogP contribution in [0.15, 0.2) is 59.0 Å². The normalized spacial score (nSPS) is 11.2. The second kappa shape index (κ2) is 9.50. The van der Waals surface area contributed by atoms with Crippen LogP contribution in [-0.2, 0) is 17.8 Å². The molecule has 4 heterocycles. The lowest BCUT2D eigenvalue weighted by Crippen LogP contribution is -2.27. The number of pyridine rings is 1. The molecule has 8 nitrogen and oxygen atoms in total. The fourth-order valence-corrected chi connectivity index (χ4v) is 5.18. The summed E-state index contributed by atoms with van der Waals surface area (Å²) in [5, 5.41) is 9.52. The Labute approximate surface area is 212 Å². The van der Waals surface area contributed by atoms with Crippen molar-refractivity contribution in [2.45, 2.75) is 40.7 Å². The first-order chi connectivity index (χ1) is 17.3. The molecule has 36 heavy (non-hydrogen) atoms. The lowest BCUT2D eigenvalue weighted by Gasteiger charge is -2.10. The van der Waals surface area contributed by atoms with Crippen LogP contribution in [0.25, 0.3) is 21.9 Å². The summed E-state index contributed by atoms with van der Waals surface area (Å²) in [6.45, 7) is 8.33. The van der Waals surface area contributed by atoms with Crippen LogP contribution in [0, 0.1) is 27.7 Å². The van der Waals surface area contributed by atoms with Gasteiger partial charge >= 0.3 is 0 Å². The summed E-state index contributed by atoms with van der Waals surface area (Å²) in [5.41, 5.74) is 7.17. The summed E-state index contributed by atoms with van der Waals surface area (Å²) >= 11 is 1.35. The number of nitrogens with one attached hydrogen (secondary N) is 1. The van der Waals surface area contributed by atoms with E-state index in [1.807, 2.05) is 54.2 Å². The van der Waals surface area contributed by atoms with Crippen molar-refractivity contribution in [2.24, 2.45) is 0 Å². The van der Waals surface area contributed by atoms with E-state index in [1.54, 1.807) is 12.4 Å². The predicted molar refractivity (Wildman–Crippen MR) is 141 cm³/mol. The van der Waals surface area contributed by atoms with Crippen LogP contribution < -0.4 is 10.9 Å². The van der Waals surface area contributed by atoms with Crippen molar-refractivity contribution in [2.75, 3.05) is 0 Å². The Morgan fingerprint density at radius 2 is 1.86 bits per heavy atom. The van der Waals surface area contributed by atoms with E-state index in [1.165, 1.54) is 21.3 Å². The Bertz CT molecular complexity index is 1650. The maximum Gasteiger partial charge on any atom is 0.268 e. The molecule has 182 valence electrons. The van der Waals surface area contributed by atoms with Crippen LogP contribution in [-0.4, -0.2) is 30.1 Å². The van der Waals surface area contributed by atoms with Gasteiger partial charge in [0.05, 0.1) is 23.4 Å². The number of rotatable bonds is 6. The minimum atomic E-state index is -0.221. The van der Waals surface area contributed by atoms with E-state index in [-0.39, 0.29) is 17.9 Å². The summed E-state index contributed by atoms with van der Waals surface area (Å²) in [4.78, 5) is 35.6.